The van der Waals surface area contributed by atoms with Crippen molar-refractivity contribution in [3.8, 4) is 17.2 Å². The van der Waals surface area contributed by atoms with Crippen LogP contribution in [0, 0.1) is 0 Å². The molecular weight excluding hydrogens is 336 g/mol. The predicted octanol–water partition coefficient (Wildman–Crippen LogP) is 3.20. The lowest BCUT2D eigenvalue weighted by atomic mass is 10.0. The van der Waals surface area contributed by atoms with Crippen molar-refractivity contribution in [3.63, 3.8) is 0 Å². The lowest BCUT2D eigenvalue weighted by Gasteiger charge is -2.21. The van der Waals surface area contributed by atoms with E-state index in [0.717, 1.165) is 15.6 Å². The summed E-state index contributed by atoms with van der Waals surface area (Å²) >= 11 is 3.45. The second kappa shape index (κ2) is 5.95. The van der Waals surface area contributed by atoms with Gasteiger partial charge in [0, 0.05) is 6.42 Å². The Labute approximate surface area is 131 Å². The second-order valence-electron chi connectivity index (χ2n) is 4.91. The van der Waals surface area contributed by atoms with Crippen molar-refractivity contribution in [3.05, 3.63) is 52.0 Å². The Kier molecular flexibility index (Phi) is 4.03. The lowest BCUT2D eigenvalue weighted by Crippen LogP contribution is -2.16. The van der Waals surface area contributed by atoms with Gasteiger partial charge in [0.15, 0.2) is 11.5 Å². The molecule has 21 heavy (non-hydrogen) atoms. The molecule has 0 aromatic heterocycles. The minimum absolute atomic E-state index is 0.218. The first-order valence-electron chi connectivity index (χ1n) is 6.68. The van der Waals surface area contributed by atoms with Crippen LogP contribution in [-0.4, -0.2) is 23.4 Å². The second-order valence-corrected chi connectivity index (χ2v) is 5.77. The Morgan fingerprint density at radius 3 is 2.57 bits per heavy atom. The van der Waals surface area contributed by atoms with Gasteiger partial charge in [-0.25, -0.2) is 0 Å². The molecule has 5 heteroatoms. The van der Waals surface area contributed by atoms with Gasteiger partial charge in [0.2, 0.25) is 0 Å². The van der Waals surface area contributed by atoms with Gasteiger partial charge in [-0.2, -0.15) is 0 Å². The average Bonchev–Trinajstić information content (AvgIpc) is 2.49. The van der Waals surface area contributed by atoms with Crippen molar-refractivity contribution in [2.24, 2.45) is 0 Å². The summed E-state index contributed by atoms with van der Waals surface area (Å²) in [5, 5.41) is 19.7. The third-order valence-corrected chi connectivity index (χ3v) is 3.96. The van der Waals surface area contributed by atoms with Crippen LogP contribution in [-0.2, 0) is 6.42 Å². The van der Waals surface area contributed by atoms with Crippen molar-refractivity contribution in [1.29, 1.82) is 0 Å². The summed E-state index contributed by atoms with van der Waals surface area (Å²) in [6, 6.07) is 10.5. The number of benzene rings is 2. The van der Waals surface area contributed by atoms with Crippen LogP contribution in [0.5, 0.6) is 17.2 Å². The topological polar surface area (TPSA) is 58.9 Å². The maximum Gasteiger partial charge on any atom is 0.175 e. The molecule has 1 atom stereocenters. The van der Waals surface area contributed by atoms with Crippen LogP contribution in [0.1, 0.15) is 17.2 Å². The fourth-order valence-corrected chi connectivity index (χ4v) is 2.87. The van der Waals surface area contributed by atoms with Crippen LogP contribution < -0.4 is 9.47 Å². The summed E-state index contributed by atoms with van der Waals surface area (Å²) in [7, 11) is 0. The van der Waals surface area contributed by atoms with Crippen LogP contribution in [0.4, 0.5) is 0 Å². The summed E-state index contributed by atoms with van der Waals surface area (Å²) in [6.07, 6.45) is -0.187. The van der Waals surface area contributed by atoms with Crippen LogP contribution in [0.3, 0.4) is 0 Å². The number of halogens is 1. The molecule has 3 rings (SSSR count). The van der Waals surface area contributed by atoms with Crippen molar-refractivity contribution in [2.75, 3.05) is 13.2 Å². The SMILES string of the molecule is Oc1ccc(CC(O)c2cc(Br)c3c(c2)OCCO3)cc1. The van der Waals surface area contributed by atoms with Gasteiger partial charge < -0.3 is 19.7 Å². The third kappa shape index (κ3) is 3.14. The number of phenols is 1. The molecule has 0 bridgehead atoms. The number of ether oxygens (including phenoxy) is 2. The van der Waals surface area contributed by atoms with E-state index in [-0.39, 0.29) is 5.75 Å². The van der Waals surface area contributed by atoms with Gasteiger partial charge in [-0.1, -0.05) is 12.1 Å². The summed E-state index contributed by atoms with van der Waals surface area (Å²) < 4.78 is 11.9. The summed E-state index contributed by atoms with van der Waals surface area (Å²) in [5.41, 5.74) is 1.71. The van der Waals surface area contributed by atoms with Crippen LogP contribution in [0.15, 0.2) is 40.9 Å². The van der Waals surface area contributed by atoms with Gasteiger partial charge in [0.05, 0.1) is 10.6 Å². The molecule has 2 aromatic rings. The molecule has 0 fully saturated rings. The number of hydrogen-bond donors (Lipinski definition) is 2. The first-order valence-corrected chi connectivity index (χ1v) is 7.48. The smallest absolute Gasteiger partial charge is 0.175 e. The number of rotatable bonds is 3. The first kappa shape index (κ1) is 14.2. The number of aliphatic hydroxyl groups excluding tert-OH is 1. The molecule has 0 amide bonds. The molecule has 4 nitrogen and oxygen atoms in total. The number of aromatic hydroxyl groups is 1. The Morgan fingerprint density at radius 2 is 1.81 bits per heavy atom. The van der Waals surface area contributed by atoms with Gasteiger partial charge in [-0.15, -0.1) is 0 Å². The zero-order valence-electron chi connectivity index (χ0n) is 11.3. The van der Waals surface area contributed by atoms with E-state index >= 15 is 0 Å². The molecule has 2 aromatic carbocycles. The Bertz CT molecular complexity index is 639. The number of aliphatic hydroxyl groups is 1. The number of fused-ring (bicyclic) bond motifs is 1. The number of phenolic OH excluding ortho intramolecular Hbond substituents is 1. The highest BCUT2D eigenvalue weighted by Gasteiger charge is 2.19. The maximum atomic E-state index is 10.4. The largest absolute Gasteiger partial charge is 0.508 e. The molecule has 1 aliphatic heterocycles. The van der Waals surface area contributed by atoms with Crippen LogP contribution in [0.25, 0.3) is 0 Å². The normalized spacial score (nSPS) is 14.8. The molecule has 0 aliphatic carbocycles. The molecule has 1 aliphatic rings. The molecule has 1 heterocycles. The van der Waals surface area contributed by atoms with E-state index in [1.165, 1.54) is 0 Å². The average molecular weight is 351 g/mol. The van der Waals surface area contributed by atoms with E-state index < -0.39 is 6.10 Å². The Hall–Kier alpha value is -1.72. The minimum Gasteiger partial charge on any atom is -0.508 e. The molecule has 1 unspecified atom stereocenters. The summed E-state index contributed by atoms with van der Waals surface area (Å²) in [4.78, 5) is 0. The summed E-state index contributed by atoms with van der Waals surface area (Å²) in [5.74, 6) is 1.55. The molecule has 0 radical (unpaired) electrons. The van der Waals surface area contributed by atoms with Crippen molar-refractivity contribution in [2.45, 2.75) is 12.5 Å². The molecule has 0 saturated carbocycles. The zero-order chi connectivity index (χ0) is 14.8. The Morgan fingerprint density at radius 1 is 1.10 bits per heavy atom. The van der Waals surface area contributed by atoms with Crippen molar-refractivity contribution in [1.82, 2.24) is 0 Å². The summed E-state index contributed by atoms with van der Waals surface area (Å²) in [6.45, 7) is 1.04. The monoisotopic (exact) mass is 350 g/mol. The standard InChI is InChI=1S/C16H15BrO4/c17-13-8-11(9-15-16(13)21-6-5-20-15)14(19)7-10-1-3-12(18)4-2-10/h1-4,8-9,14,18-19H,5-7H2. The third-order valence-electron chi connectivity index (χ3n) is 3.37. The molecule has 0 saturated heterocycles. The van der Waals surface area contributed by atoms with Gasteiger partial charge >= 0.3 is 0 Å². The van der Waals surface area contributed by atoms with E-state index in [0.29, 0.717) is 31.1 Å². The zero-order valence-corrected chi connectivity index (χ0v) is 12.8. The van der Waals surface area contributed by atoms with E-state index in [1.807, 2.05) is 12.1 Å². The molecule has 2 N–H and O–H groups in total. The molecule has 110 valence electrons. The van der Waals surface area contributed by atoms with E-state index in [4.69, 9.17) is 9.47 Å². The lowest BCUT2D eigenvalue weighted by molar-refractivity contribution is 0.163. The van der Waals surface area contributed by atoms with Gasteiger partial charge in [0.1, 0.15) is 19.0 Å². The highest BCUT2D eigenvalue weighted by Crippen LogP contribution is 2.40. The highest BCUT2D eigenvalue weighted by atomic mass is 79.9. The van der Waals surface area contributed by atoms with Gasteiger partial charge in [-0.05, 0) is 51.3 Å². The molecule has 0 spiro atoms. The fraction of sp³-hybridized carbons (Fsp3) is 0.250. The van der Waals surface area contributed by atoms with E-state index in [9.17, 15) is 10.2 Å². The fourth-order valence-electron chi connectivity index (χ4n) is 2.30. The van der Waals surface area contributed by atoms with E-state index in [1.54, 1.807) is 24.3 Å². The van der Waals surface area contributed by atoms with Crippen LogP contribution in [0.2, 0.25) is 0 Å². The quantitative estimate of drug-likeness (QED) is 0.892. The van der Waals surface area contributed by atoms with Crippen molar-refractivity contribution < 1.29 is 19.7 Å². The maximum absolute atomic E-state index is 10.4. The van der Waals surface area contributed by atoms with E-state index in [2.05, 4.69) is 15.9 Å². The first-order chi connectivity index (χ1) is 10.1. The van der Waals surface area contributed by atoms with Crippen LogP contribution >= 0.6 is 15.9 Å². The highest BCUT2D eigenvalue weighted by molar-refractivity contribution is 9.10. The number of hydrogen-bond acceptors (Lipinski definition) is 4. The van der Waals surface area contributed by atoms with Crippen molar-refractivity contribution >= 4 is 15.9 Å². The molecular formula is C16H15BrO4. The minimum atomic E-state index is -0.651. The van der Waals surface area contributed by atoms with Gasteiger partial charge in [-0.3, -0.25) is 0 Å². The Balaban J connectivity index is 1.82. The predicted molar refractivity (Wildman–Crippen MR) is 81.9 cm³/mol. The van der Waals surface area contributed by atoms with Gasteiger partial charge in [0.25, 0.3) is 0 Å².